The molecule has 0 aliphatic rings. The molecule has 3 N–H and O–H groups in total. The van der Waals surface area contributed by atoms with Crippen molar-refractivity contribution in [3.63, 3.8) is 0 Å². The number of ether oxygens (including phenoxy) is 2. The van der Waals surface area contributed by atoms with Crippen LogP contribution in [0.4, 0.5) is 16.6 Å². The molecule has 2 aromatic heterocycles. The Labute approximate surface area is 172 Å². The number of hydrogen-bond acceptors (Lipinski definition) is 8. The molecule has 7 nitrogen and oxygen atoms in total. The van der Waals surface area contributed by atoms with Crippen molar-refractivity contribution in [2.75, 3.05) is 18.2 Å². The zero-order chi connectivity index (χ0) is 20.4. The van der Waals surface area contributed by atoms with E-state index in [1.807, 2.05) is 42.5 Å². The normalized spacial score (nSPS) is 11.0. The summed E-state index contributed by atoms with van der Waals surface area (Å²) >= 11 is 1.49. The predicted octanol–water partition coefficient (Wildman–Crippen LogP) is 5.34. The fourth-order valence-corrected chi connectivity index (χ4v) is 3.67. The maximum atomic E-state index is 6.24. The van der Waals surface area contributed by atoms with Crippen LogP contribution in [-0.2, 0) is 0 Å². The fourth-order valence-electron chi connectivity index (χ4n) is 2.78. The summed E-state index contributed by atoms with van der Waals surface area (Å²) in [4.78, 5) is 13.0. The summed E-state index contributed by atoms with van der Waals surface area (Å²) in [6, 6.07) is 13.6. The molecule has 2 aromatic carbocycles. The Morgan fingerprint density at radius 3 is 2.52 bits per heavy atom. The molecule has 0 saturated heterocycles. The molecule has 0 spiro atoms. The number of benzene rings is 2. The highest BCUT2D eigenvalue weighted by Gasteiger charge is 2.13. The standard InChI is InChI=1S/C21H21N5O2S/c1-12(2)13-4-6-14(7-5-13)28-20-18(22)19(23-11-24-20)26-21-25-16-9-8-15(27-3)10-17(16)29-21/h4-12H,22H2,1-3H3,(H,23,24,25,26). The second-order valence-electron chi connectivity index (χ2n) is 6.74. The third kappa shape index (κ3) is 4.07. The molecule has 0 unspecified atom stereocenters. The number of fused-ring (bicyclic) bond motifs is 1. The Morgan fingerprint density at radius 1 is 1.03 bits per heavy atom. The molecular weight excluding hydrogens is 386 g/mol. The van der Waals surface area contributed by atoms with Crippen LogP contribution in [0.15, 0.2) is 48.8 Å². The van der Waals surface area contributed by atoms with Gasteiger partial charge in [0.15, 0.2) is 10.9 Å². The molecule has 0 bridgehead atoms. The number of nitrogens with one attached hydrogen (secondary N) is 1. The summed E-state index contributed by atoms with van der Waals surface area (Å²) < 4.78 is 12.1. The molecule has 0 amide bonds. The number of thiazole rings is 1. The van der Waals surface area contributed by atoms with Crippen LogP contribution >= 0.6 is 11.3 Å². The van der Waals surface area contributed by atoms with E-state index < -0.39 is 0 Å². The average molecular weight is 407 g/mol. The van der Waals surface area contributed by atoms with E-state index in [-0.39, 0.29) is 0 Å². The van der Waals surface area contributed by atoms with Crippen molar-refractivity contribution in [2.45, 2.75) is 19.8 Å². The molecule has 0 atom stereocenters. The van der Waals surface area contributed by atoms with Crippen molar-refractivity contribution in [2.24, 2.45) is 0 Å². The number of methoxy groups -OCH3 is 1. The number of nitrogens with two attached hydrogens (primary N) is 1. The molecule has 0 saturated carbocycles. The van der Waals surface area contributed by atoms with Crippen molar-refractivity contribution in [3.8, 4) is 17.4 Å². The third-order valence-electron chi connectivity index (χ3n) is 4.43. The van der Waals surface area contributed by atoms with E-state index in [1.54, 1.807) is 7.11 Å². The lowest BCUT2D eigenvalue weighted by molar-refractivity contribution is 0.415. The van der Waals surface area contributed by atoms with Gasteiger partial charge in [0.05, 0.1) is 17.3 Å². The molecule has 2 heterocycles. The lowest BCUT2D eigenvalue weighted by Gasteiger charge is -2.11. The van der Waals surface area contributed by atoms with Gasteiger partial charge in [-0.05, 0) is 41.8 Å². The van der Waals surface area contributed by atoms with Gasteiger partial charge in [0.1, 0.15) is 23.5 Å². The van der Waals surface area contributed by atoms with Gasteiger partial charge in [0.2, 0.25) is 5.88 Å². The SMILES string of the molecule is COc1ccc2nc(Nc3ncnc(Oc4ccc(C(C)C)cc4)c3N)sc2c1. The van der Waals surface area contributed by atoms with Crippen molar-refractivity contribution >= 4 is 38.2 Å². The van der Waals surface area contributed by atoms with E-state index in [0.29, 0.717) is 34.2 Å². The van der Waals surface area contributed by atoms with Crippen LogP contribution in [0.25, 0.3) is 10.2 Å². The van der Waals surface area contributed by atoms with Crippen LogP contribution < -0.4 is 20.5 Å². The van der Waals surface area contributed by atoms with Crippen LogP contribution in [0.5, 0.6) is 17.4 Å². The molecule has 148 valence electrons. The molecule has 0 fully saturated rings. The summed E-state index contributed by atoms with van der Waals surface area (Å²) in [5, 5.41) is 3.83. The van der Waals surface area contributed by atoms with E-state index in [0.717, 1.165) is 16.0 Å². The van der Waals surface area contributed by atoms with E-state index in [9.17, 15) is 0 Å². The number of hydrogen-bond donors (Lipinski definition) is 2. The van der Waals surface area contributed by atoms with Crippen LogP contribution in [0.3, 0.4) is 0 Å². The van der Waals surface area contributed by atoms with Gasteiger partial charge in [0.25, 0.3) is 0 Å². The molecule has 0 radical (unpaired) electrons. The third-order valence-corrected chi connectivity index (χ3v) is 5.36. The fraction of sp³-hybridized carbons (Fsp3) is 0.190. The van der Waals surface area contributed by atoms with Gasteiger partial charge in [-0.3, -0.25) is 0 Å². The highest BCUT2D eigenvalue weighted by Crippen LogP contribution is 2.34. The summed E-state index contributed by atoms with van der Waals surface area (Å²) in [7, 11) is 1.64. The maximum absolute atomic E-state index is 6.24. The first kappa shape index (κ1) is 18.9. The van der Waals surface area contributed by atoms with E-state index in [2.05, 4.69) is 34.1 Å². The smallest absolute Gasteiger partial charge is 0.248 e. The Hall–Kier alpha value is -3.39. The Morgan fingerprint density at radius 2 is 1.79 bits per heavy atom. The largest absolute Gasteiger partial charge is 0.497 e. The Kier molecular flexibility index (Phi) is 5.18. The Bertz CT molecular complexity index is 1140. The van der Waals surface area contributed by atoms with E-state index >= 15 is 0 Å². The number of nitrogens with zero attached hydrogens (tertiary/aromatic N) is 3. The van der Waals surface area contributed by atoms with Crippen LogP contribution in [0.1, 0.15) is 25.3 Å². The monoisotopic (exact) mass is 407 g/mol. The van der Waals surface area contributed by atoms with Gasteiger partial charge >= 0.3 is 0 Å². The maximum Gasteiger partial charge on any atom is 0.248 e. The van der Waals surface area contributed by atoms with Crippen LogP contribution in [0, 0.1) is 0 Å². The minimum Gasteiger partial charge on any atom is -0.497 e. The molecule has 0 aliphatic carbocycles. The molecular formula is C21H21N5O2S. The molecule has 8 heteroatoms. The zero-order valence-electron chi connectivity index (χ0n) is 16.3. The molecule has 0 aliphatic heterocycles. The molecule has 4 rings (SSSR count). The first-order valence-electron chi connectivity index (χ1n) is 9.13. The van der Waals surface area contributed by atoms with Gasteiger partial charge in [-0.2, -0.15) is 4.98 Å². The minimum atomic E-state index is 0.294. The van der Waals surface area contributed by atoms with Crippen LogP contribution in [0.2, 0.25) is 0 Å². The number of nitrogen functional groups attached to an aromatic ring is 1. The quantitative estimate of drug-likeness (QED) is 0.445. The Balaban J connectivity index is 1.56. The number of rotatable bonds is 6. The zero-order valence-corrected chi connectivity index (χ0v) is 17.2. The minimum absolute atomic E-state index is 0.294. The first-order valence-corrected chi connectivity index (χ1v) is 9.95. The van der Waals surface area contributed by atoms with E-state index in [4.69, 9.17) is 15.2 Å². The van der Waals surface area contributed by atoms with Crippen molar-refractivity contribution in [1.82, 2.24) is 15.0 Å². The summed E-state index contributed by atoms with van der Waals surface area (Å²) in [6.45, 7) is 4.29. The lowest BCUT2D eigenvalue weighted by Crippen LogP contribution is -2.03. The molecule has 4 aromatic rings. The first-order chi connectivity index (χ1) is 14.0. The van der Waals surface area contributed by atoms with Crippen LogP contribution in [-0.4, -0.2) is 22.1 Å². The van der Waals surface area contributed by atoms with Crippen molar-refractivity contribution in [1.29, 1.82) is 0 Å². The van der Waals surface area contributed by atoms with Gasteiger partial charge in [0, 0.05) is 0 Å². The lowest BCUT2D eigenvalue weighted by atomic mass is 10.0. The topological polar surface area (TPSA) is 95.2 Å². The summed E-state index contributed by atoms with van der Waals surface area (Å²) in [6.07, 6.45) is 1.41. The average Bonchev–Trinajstić information content (AvgIpc) is 3.12. The van der Waals surface area contributed by atoms with E-state index in [1.165, 1.54) is 23.2 Å². The number of anilines is 3. The highest BCUT2D eigenvalue weighted by molar-refractivity contribution is 7.22. The van der Waals surface area contributed by atoms with Crippen molar-refractivity contribution < 1.29 is 9.47 Å². The van der Waals surface area contributed by atoms with Crippen molar-refractivity contribution in [3.05, 3.63) is 54.4 Å². The van der Waals surface area contributed by atoms with Gasteiger partial charge in [-0.1, -0.05) is 37.3 Å². The summed E-state index contributed by atoms with van der Waals surface area (Å²) in [5.41, 5.74) is 8.67. The highest BCUT2D eigenvalue weighted by atomic mass is 32.1. The van der Waals surface area contributed by atoms with Gasteiger partial charge in [-0.25, -0.2) is 9.97 Å². The molecule has 29 heavy (non-hydrogen) atoms. The second-order valence-corrected chi connectivity index (χ2v) is 7.78. The number of aromatic nitrogens is 3. The van der Waals surface area contributed by atoms with Gasteiger partial charge < -0.3 is 20.5 Å². The predicted molar refractivity (Wildman–Crippen MR) is 117 cm³/mol. The van der Waals surface area contributed by atoms with Gasteiger partial charge in [-0.15, -0.1) is 0 Å². The summed E-state index contributed by atoms with van der Waals surface area (Å²) in [5.74, 6) is 2.64. The second kappa shape index (κ2) is 7.92.